The van der Waals surface area contributed by atoms with Crippen LogP contribution in [0.4, 0.5) is 5.69 Å². The van der Waals surface area contributed by atoms with Crippen molar-refractivity contribution in [3.63, 3.8) is 0 Å². The van der Waals surface area contributed by atoms with Crippen LogP contribution in [-0.2, 0) is 11.2 Å². The molecule has 0 fully saturated rings. The van der Waals surface area contributed by atoms with Crippen molar-refractivity contribution in [2.75, 3.05) is 5.32 Å². The molecular formula is C15H11BrClNOS. The van der Waals surface area contributed by atoms with Gasteiger partial charge in [-0.05, 0) is 52.2 Å². The van der Waals surface area contributed by atoms with E-state index >= 15 is 0 Å². The minimum Gasteiger partial charge on any atom is -0.324 e. The van der Waals surface area contributed by atoms with E-state index in [-0.39, 0.29) is 11.2 Å². The van der Waals surface area contributed by atoms with Crippen molar-refractivity contribution in [1.29, 1.82) is 0 Å². The second-order valence-electron chi connectivity index (χ2n) is 4.53. The Bertz CT molecular complexity index is 652. The number of fused-ring (bicyclic) bond motifs is 1. The van der Waals surface area contributed by atoms with Crippen LogP contribution in [-0.4, -0.2) is 11.2 Å². The summed E-state index contributed by atoms with van der Waals surface area (Å²) in [7, 11) is 0. The molecule has 0 saturated heterocycles. The van der Waals surface area contributed by atoms with Crippen molar-refractivity contribution < 1.29 is 4.79 Å². The minimum absolute atomic E-state index is 0.00849. The molecule has 0 aliphatic carbocycles. The molecule has 1 unspecified atom stereocenters. The number of carbonyl (C=O) groups is 1. The molecule has 0 spiro atoms. The van der Waals surface area contributed by atoms with Crippen LogP contribution in [0.2, 0.25) is 5.02 Å². The van der Waals surface area contributed by atoms with E-state index in [1.807, 2.05) is 18.2 Å². The largest absolute Gasteiger partial charge is 0.324 e. The molecule has 0 radical (unpaired) electrons. The van der Waals surface area contributed by atoms with Gasteiger partial charge in [-0.25, -0.2) is 0 Å². The summed E-state index contributed by atoms with van der Waals surface area (Å²) in [5.41, 5.74) is 1.95. The molecule has 1 atom stereocenters. The highest BCUT2D eigenvalue weighted by molar-refractivity contribution is 9.10. The molecule has 1 N–H and O–H groups in total. The van der Waals surface area contributed by atoms with Gasteiger partial charge in [0.1, 0.15) is 0 Å². The summed E-state index contributed by atoms with van der Waals surface area (Å²) in [6, 6.07) is 13.5. The summed E-state index contributed by atoms with van der Waals surface area (Å²) >= 11 is 11.0. The average Bonchev–Trinajstić information content (AvgIpc) is 2.87. The van der Waals surface area contributed by atoms with Crippen LogP contribution in [0.25, 0.3) is 0 Å². The first-order valence-corrected chi connectivity index (χ1v) is 8.19. The maximum atomic E-state index is 12.4. The van der Waals surface area contributed by atoms with Crippen molar-refractivity contribution in [2.24, 2.45) is 0 Å². The van der Waals surface area contributed by atoms with Crippen LogP contribution in [0, 0.1) is 0 Å². The smallest absolute Gasteiger partial charge is 0.238 e. The highest BCUT2D eigenvalue weighted by Gasteiger charge is 2.28. The van der Waals surface area contributed by atoms with Crippen LogP contribution in [0.15, 0.2) is 51.8 Å². The van der Waals surface area contributed by atoms with E-state index in [0.717, 1.165) is 10.9 Å². The third kappa shape index (κ3) is 2.87. The zero-order chi connectivity index (χ0) is 14.1. The molecule has 0 aromatic heterocycles. The van der Waals surface area contributed by atoms with Crippen LogP contribution < -0.4 is 5.32 Å². The Hall–Kier alpha value is -0.970. The zero-order valence-corrected chi connectivity index (χ0v) is 13.6. The summed E-state index contributed by atoms with van der Waals surface area (Å²) in [6.45, 7) is 0. The van der Waals surface area contributed by atoms with Gasteiger partial charge in [-0.1, -0.05) is 29.8 Å². The Labute approximate surface area is 135 Å². The summed E-state index contributed by atoms with van der Waals surface area (Å²) in [5, 5.41) is 3.45. The Morgan fingerprint density at radius 1 is 1.30 bits per heavy atom. The highest BCUT2D eigenvalue weighted by Crippen LogP contribution is 2.37. The maximum Gasteiger partial charge on any atom is 0.238 e. The molecule has 2 nitrogen and oxygen atoms in total. The predicted molar refractivity (Wildman–Crippen MR) is 87.6 cm³/mol. The molecule has 0 bridgehead atoms. The van der Waals surface area contributed by atoms with E-state index in [0.29, 0.717) is 10.7 Å². The average molecular weight is 369 g/mol. The molecule has 5 heteroatoms. The molecule has 1 heterocycles. The number of hydrogen-bond donors (Lipinski definition) is 1. The van der Waals surface area contributed by atoms with Gasteiger partial charge < -0.3 is 5.32 Å². The Balaban J connectivity index is 1.74. The van der Waals surface area contributed by atoms with Crippen LogP contribution in [0.5, 0.6) is 0 Å². The molecule has 0 saturated carbocycles. The number of hydrogen-bond acceptors (Lipinski definition) is 2. The molecular weight excluding hydrogens is 358 g/mol. The number of benzene rings is 2. The van der Waals surface area contributed by atoms with Gasteiger partial charge in [0.05, 0.1) is 10.9 Å². The molecule has 2 aromatic carbocycles. The number of amides is 1. The van der Waals surface area contributed by atoms with Gasteiger partial charge in [-0.3, -0.25) is 4.79 Å². The van der Waals surface area contributed by atoms with E-state index in [9.17, 15) is 4.79 Å². The highest BCUT2D eigenvalue weighted by atomic mass is 79.9. The summed E-state index contributed by atoms with van der Waals surface area (Å²) in [4.78, 5) is 13.5. The molecule has 1 amide bonds. The number of halogens is 2. The molecule has 102 valence electrons. The lowest BCUT2D eigenvalue weighted by atomic mass is 10.1. The Morgan fingerprint density at radius 3 is 2.90 bits per heavy atom. The van der Waals surface area contributed by atoms with E-state index < -0.39 is 0 Å². The van der Waals surface area contributed by atoms with Gasteiger partial charge in [0.15, 0.2) is 0 Å². The predicted octanol–water partition coefficient (Wildman–Crippen LogP) is 4.76. The molecule has 1 aliphatic heterocycles. The molecule has 20 heavy (non-hydrogen) atoms. The summed E-state index contributed by atoms with van der Waals surface area (Å²) in [5.74, 6) is 0.00849. The van der Waals surface area contributed by atoms with Gasteiger partial charge >= 0.3 is 0 Å². The van der Waals surface area contributed by atoms with Gasteiger partial charge in [-0.15, -0.1) is 11.8 Å². The van der Waals surface area contributed by atoms with Crippen molar-refractivity contribution in [1.82, 2.24) is 0 Å². The van der Waals surface area contributed by atoms with Gasteiger partial charge in [0.2, 0.25) is 5.91 Å². The van der Waals surface area contributed by atoms with Gasteiger partial charge in [-0.2, -0.15) is 0 Å². The summed E-state index contributed by atoms with van der Waals surface area (Å²) < 4.78 is 0.829. The fourth-order valence-electron chi connectivity index (χ4n) is 2.13. The van der Waals surface area contributed by atoms with E-state index in [2.05, 4.69) is 33.4 Å². The van der Waals surface area contributed by atoms with Crippen LogP contribution >= 0.6 is 39.3 Å². The van der Waals surface area contributed by atoms with Crippen molar-refractivity contribution in [3.8, 4) is 0 Å². The monoisotopic (exact) mass is 367 g/mol. The Kier molecular flexibility index (Phi) is 4.06. The zero-order valence-electron chi connectivity index (χ0n) is 10.4. The lowest BCUT2D eigenvalue weighted by Crippen LogP contribution is -2.24. The molecule has 3 rings (SSSR count). The second-order valence-corrected chi connectivity index (χ2v) is 7.07. The number of nitrogens with one attached hydrogen (secondary N) is 1. The maximum absolute atomic E-state index is 12.4. The number of carbonyl (C=O) groups excluding carboxylic acids is 1. The number of thioether (sulfide) groups is 1. The first-order valence-electron chi connectivity index (χ1n) is 6.14. The topological polar surface area (TPSA) is 29.1 Å². The van der Waals surface area contributed by atoms with E-state index in [1.165, 1.54) is 10.5 Å². The fourth-order valence-corrected chi connectivity index (χ4v) is 3.85. The minimum atomic E-state index is -0.0849. The fraction of sp³-hybridized carbons (Fsp3) is 0.133. The SMILES string of the molecule is O=C(Nc1cc(Cl)ccc1Br)C1Cc2ccccc2S1. The van der Waals surface area contributed by atoms with E-state index in [4.69, 9.17) is 11.6 Å². The third-order valence-corrected chi connectivity index (χ3v) is 5.37. The Morgan fingerprint density at radius 2 is 2.10 bits per heavy atom. The quantitative estimate of drug-likeness (QED) is 0.828. The number of anilines is 1. The van der Waals surface area contributed by atoms with Crippen molar-refractivity contribution in [3.05, 3.63) is 57.5 Å². The normalized spacial score (nSPS) is 16.8. The standard InChI is InChI=1S/C15H11BrClNOS/c16-11-6-5-10(17)8-12(11)18-15(19)14-7-9-3-1-2-4-13(9)20-14/h1-6,8,14H,7H2,(H,18,19). The van der Waals surface area contributed by atoms with E-state index in [1.54, 1.807) is 23.9 Å². The number of rotatable bonds is 2. The van der Waals surface area contributed by atoms with Crippen LogP contribution in [0.1, 0.15) is 5.56 Å². The first kappa shape index (κ1) is 14.0. The molecule has 1 aliphatic rings. The van der Waals surface area contributed by atoms with Crippen molar-refractivity contribution in [2.45, 2.75) is 16.6 Å². The molecule has 2 aromatic rings. The first-order chi connectivity index (χ1) is 9.63. The second kappa shape index (κ2) is 5.80. The van der Waals surface area contributed by atoms with Gasteiger partial charge in [0, 0.05) is 14.4 Å². The lowest BCUT2D eigenvalue weighted by molar-refractivity contribution is -0.115. The third-order valence-electron chi connectivity index (χ3n) is 3.13. The van der Waals surface area contributed by atoms with Crippen LogP contribution in [0.3, 0.4) is 0 Å². The van der Waals surface area contributed by atoms with Crippen molar-refractivity contribution >= 4 is 50.9 Å². The summed E-state index contributed by atoms with van der Waals surface area (Å²) in [6.07, 6.45) is 0.769. The van der Waals surface area contributed by atoms with Gasteiger partial charge in [0.25, 0.3) is 0 Å². The lowest BCUT2D eigenvalue weighted by Gasteiger charge is -2.11.